The van der Waals surface area contributed by atoms with Crippen LogP contribution in [-0.2, 0) is 9.59 Å². The standard InChI is InChI=1S/C28H25FN6O4S/c1-2-22(36)34-13-5-6-16(15-34)32-26(37)25-24-23-19(11-12-30-27(23)40-25)35(28(38)33-24)21-10-9-17(14-31-21)39-20-8-4-3-7-18(20)29/h2-4,7-12,14,16,24-25H,1,5-6,13,15H2,(H,32,37)(H,33,38)/t16?,24?,25-/m1/s1. The van der Waals surface area contributed by atoms with Crippen LogP contribution in [0, 0.1) is 5.82 Å². The second kappa shape index (κ2) is 10.6. The summed E-state index contributed by atoms with van der Waals surface area (Å²) in [4.78, 5) is 50.8. The molecule has 3 aliphatic heterocycles. The van der Waals surface area contributed by atoms with Crippen LogP contribution >= 0.6 is 11.8 Å². The number of carbonyl (C=O) groups is 3. The quantitative estimate of drug-likeness (QED) is 0.437. The van der Waals surface area contributed by atoms with Crippen molar-refractivity contribution >= 4 is 41.1 Å². The van der Waals surface area contributed by atoms with Gasteiger partial charge in [-0.25, -0.2) is 24.1 Å². The van der Waals surface area contributed by atoms with Crippen LogP contribution in [0.3, 0.4) is 0 Å². The number of aromatic nitrogens is 2. The SMILES string of the molecule is C=CC(=O)N1CCCC(NC(=O)[C@@H]2Sc3nccc4c3C2NC(=O)N4c2ccc(Oc3ccccc3F)cn2)C1. The molecule has 4 amide bonds. The lowest BCUT2D eigenvalue weighted by molar-refractivity contribution is -0.129. The monoisotopic (exact) mass is 560 g/mol. The van der Waals surface area contributed by atoms with Crippen LogP contribution in [0.2, 0.25) is 0 Å². The number of thioether (sulfide) groups is 1. The van der Waals surface area contributed by atoms with Gasteiger partial charge in [0.05, 0.1) is 17.9 Å². The number of pyridine rings is 2. The highest BCUT2D eigenvalue weighted by Crippen LogP contribution is 2.50. The lowest BCUT2D eigenvalue weighted by Crippen LogP contribution is -2.53. The number of rotatable bonds is 6. The van der Waals surface area contributed by atoms with E-state index in [1.165, 1.54) is 41.1 Å². The zero-order valence-electron chi connectivity index (χ0n) is 21.2. The molecule has 2 aromatic heterocycles. The van der Waals surface area contributed by atoms with E-state index in [4.69, 9.17) is 4.74 Å². The largest absolute Gasteiger partial charge is 0.453 e. The minimum Gasteiger partial charge on any atom is -0.453 e. The van der Waals surface area contributed by atoms with Crippen molar-refractivity contribution in [1.82, 2.24) is 25.5 Å². The Morgan fingerprint density at radius 1 is 1.20 bits per heavy atom. The summed E-state index contributed by atoms with van der Waals surface area (Å²) in [5.41, 5.74) is 1.32. The van der Waals surface area contributed by atoms with Gasteiger partial charge in [0, 0.05) is 30.9 Å². The average molecular weight is 561 g/mol. The number of piperidine rings is 1. The summed E-state index contributed by atoms with van der Waals surface area (Å²) in [6.45, 7) is 4.59. The van der Waals surface area contributed by atoms with Gasteiger partial charge in [-0.3, -0.25) is 9.59 Å². The zero-order valence-corrected chi connectivity index (χ0v) is 22.1. The van der Waals surface area contributed by atoms with Crippen LogP contribution < -0.4 is 20.3 Å². The van der Waals surface area contributed by atoms with Gasteiger partial charge < -0.3 is 20.3 Å². The lowest BCUT2D eigenvalue weighted by atomic mass is 9.99. The van der Waals surface area contributed by atoms with E-state index < -0.39 is 23.1 Å². The first-order chi connectivity index (χ1) is 19.4. The summed E-state index contributed by atoms with van der Waals surface area (Å²) in [5.74, 6) is -0.168. The molecule has 204 valence electrons. The highest BCUT2D eigenvalue weighted by Gasteiger charge is 2.47. The zero-order chi connectivity index (χ0) is 27.8. The number of nitrogens with one attached hydrogen (secondary N) is 2. The van der Waals surface area contributed by atoms with E-state index >= 15 is 0 Å². The van der Waals surface area contributed by atoms with Crippen LogP contribution in [0.4, 0.5) is 20.7 Å². The molecule has 12 heteroatoms. The van der Waals surface area contributed by atoms with Crippen LogP contribution in [0.15, 0.2) is 72.5 Å². The van der Waals surface area contributed by atoms with E-state index in [-0.39, 0.29) is 23.6 Å². The maximum absolute atomic E-state index is 14.0. The summed E-state index contributed by atoms with van der Waals surface area (Å²) < 4.78 is 19.5. The van der Waals surface area contributed by atoms with Gasteiger partial charge in [0.25, 0.3) is 0 Å². The number of hydrogen-bond donors (Lipinski definition) is 2. The Hall–Kier alpha value is -4.45. The normalized spacial score (nSPS) is 21.3. The van der Waals surface area contributed by atoms with E-state index in [0.29, 0.717) is 35.4 Å². The molecule has 1 aromatic carbocycles. The predicted octanol–water partition coefficient (Wildman–Crippen LogP) is 4.08. The summed E-state index contributed by atoms with van der Waals surface area (Å²) >= 11 is 1.30. The van der Waals surface area contributed by atoms with E-state index in [2.05, 4.69) is 27.2 Å². The topological polar surface area (TPSA) is 117 Å². The summed E-state index contributed by atoms with van der Waals surface area (Å²) in [7, 11) is 0. The van der Waals surface area contributed by atoms with Gasteiger partial charge >= 0.3 is 6.03 Å². The van der Waals surface area contributed by atoms with E-state index in [1.54, 1.807) is 41.4 Å². The number of para-hydroxylation sites is 1. The molecular weight excluding hydrogens is 535 g/mol. The van der Waals surface area contributed by atoms with Crippen molar-refractivity contribution in [3.05, 3.63) is 78.9 Å². The molecule has 0 spiro atoms. The number of hydrogen-bond acceptors (Lipinski definition) is 7. The Morgan fingerprint density at radius 3 is 2.83 bits per heavy atom. The van der Waals surface area contributed by atoms with Gasteiger partial charge in [-0.2, -0.15) is 0 Å². The number of anilines is 2. The van der Waals surface area contributed by atoms with Crippen molar-refractivity contribution < 1.29 is 23.5 Å². The first kappa shape index (κ1) is 25.8. The third-order valence-electron chi connectivity index (χ3n) is 7.03. The van der Waals surface area contributed by atoms with Crippen molar-refractivity contribution in [3.63, 3.8) is 0 Å². The number of carbonyl (C=O) groups excluding carboxylic acids is 3. The van der Waals surface area contributed by atoms with E-state index in [1.807, 2.05) is 0 Å². The number of benzene rings is 1. The fraction of sp³-hybridized carbons (Fsp3) is 0.250. The third-order valence-corrected chi connectivity index (χ3v) is 8.32. The van der Waals surface area contributed by atoms with E-state index in [9.17, 15) is 18.8 Å². The predicted molar refractivity (Wildman–Crippen MR) is 146 cm³/mol. The molecule has 3 aliphatic rings. The molecule has 10 nitrogen and oxygen atoms in total. The number of halogens is 1. The minimum absolute atomic E-state index is 0.0668. The van der Waals surface area contributed by atoms with Crippen LogP contribution in [-0.4, -0.2) is 57.1 Å². The molecule has 2 N–H and O–H groups in total. The Bertz CT molecular complexity index is 1500. The van der Waals surface area contributed by atoms with Crippen molar-refractivity contribution in [2.24, 2.45) is 0 Å². The number of likely N-dealkylation sites (tertiary alicyclic amines) is 1. The Kier molecular flexibility index (Phi) is 6.84. The highest BCUT2D eigenvalue weighted by molar-refractivity contribution is 8.01. The van der Waals surface area contributed by atoms with Gasteiger partial charge in [0.1, 0.15) is 21.8 Å². The minimum atomic E-state index is -0.621. The number of ether oxygens (including phenoxy) is 1. The molecule has 6 rings (SSSR count). The molecule has 3 atom stereocenters. The molecule has 1 saturated heterocycles. The van der Waals surface area contributed by atoms with Crippen molar-refractivity contribution in [1.29, 1.82) is 0 Å². The van der Waals surface area contributed by atoms with Gasteiger partial charge in [-0.05, 0) is 49.2 Å². The fourth-order valence-electron chi connectivity index (χ4n) is 5.18. The number of amides is 4. The Balaban J connectivity index is 1.20. The summed E-state index contributed by atoms with van der Waals surface area (Å²) in [6, 6.07) is 9.77. The second-order valence-electron chi connectivity index (χ2n) is 9.57. The van der Waals surface area contributed by atoms with Crippen LogP contribution in [0.25, 0.3) is 0 Å². The molecule has 0 radical (unpaired) electrons. The Morgan fingerprint density at radius 2 is 2.05 bits per heavy atom. The third kappa shape index (κ3) is 4.75. The van der Waals surface area contributed by atoms with Gasteiger partial charge in [-0.1, -0.05) is 30.5 Å². The molecular formula is C28H25FN6O4S. The Labute approximate surface area is 233 Å². The van der Waals surface area contributed by atoms with Gasteiger partial charge in [0.15, 0.2) is 11.6 Å². The van der Waals surface area contributed by atoms with Gasteiger partial charge in [-0.15, -0.1) is 0 Å². The van der Waals surface area contributed by atoms with Crippen molar-refractivity contribution in [2.75, 3.05) is 18.0 Å². The molecule has 40 heavy (non-hydrogen) atoms. The molecule has 2 unspecified atom stereocenters. The van der Waals surface area contributed by atoms with Crippen LogP contribution in [0.1, 0.15) is 24.4 Å². The number of nitrogens with zero attached hydrogens (tertiary/aromatic N) is 4. The van der Waals surface area contributed by atoms with E-state index in [0.717, 1.165) is 18.4 Å². The summed E-state index contributed by atoms with van der Waals surface area (Å²) in [5, 5.41) is 6.05. The lowest BCUT2D eigenvalue weighted by Gasteiger charge is -2.35. The van der Waals surface area contributed by atoms with Crippen molar-refractivity contribution in [2.45, 2.75) is 35.2 Å². The van der Waals surface area contributed by atoms with Crippen LogP contribution in [0.5, 0.6) is 11.5 Å². The summed E-state index contributed by atoms with van der Waals surface area (Å²) in [6.07, 6.45) is 5.83. The average Bonchev–Trinajstić information content (AvgIpc) is 3.34. The second-order valence-corrected chi connectivity index (χ2v) is 10.7. The molecule has 1 fully saturated rings. The first-order valence-corrected chi connectivity index (χ1v) is 13.7. The molecule has 0 bridgehead atoms. The first-order valence-electron chi connectivity index (χ1n) is 12.8. The fourth-order valence-corrected chi connectivity index (χ4v) is 6.42. The highest BCUT2D eigenvalue weighted by atomic mass is 32.2. The smallest absolute Gasteiger partial charge is 0.328 e. The number of urea groups is 1. The van der Waals surface area contributed by atoms with Crippen molar-refractivity contribution in [3.8, 4) is 11.5 Å². The molecule has 0 saturated carbocycles. The van der Waals surface area contributed by atoms with Gasteiger partial charge in [0.2, 0.25) is 11.8 Å². The molecule has 5 heterocycles. The maximum Gasteiger partial charge on any atom is 0.328 e. The molecule has 3 aromatic rings. The maximum atomic E-state index is 14.0. The molecule has 0 aliphatic carbocycles.